The van der Waals surface area contributed by atoms with E-state index in [1.54, 1.807) is 0 Å². The second-order valence-corrected chi connectivity index (χ2v) is 3.35. The second-order valence-electron chi connectivity index (χ2n) is 3.35. The summed E-state index contributed by atoms with van der Waals surface area (Å²) in [6.07, 6.45) is -5.93. The average Bonchev–Trinajstić information content (AvgIpc) is 2.34. The van der Waals surface area contributed by atoms with E-state index in [-0.39, 0.29) is 5.78 Å². The van der Waals surface area contributed by atoms with Crippen molar-refractivity contribution in [3.05, 3.63) is 0 Å². The zero-order chi connectivity index (χ0) is 10.1. The normalized spacial score (nSPS) is 26.5. The minimum atomic E-state index is -4.59. The molecule has 0 spiro atoms. The summed E-state index contributed by atoms with van der Waals surface area (Å²) < 4.78 is 35.6. The first-order valence-electron chi connectivity index (χ1n) is 4.18. The monoisotopic (exact) mass is 196 g/mol. The Kier molecular flexibility index (Phi) is 2.95. The van der Waals surface area contributed by atoms with E-state index in [0.717, 1.165) is 0 Å². The molecule has 0 aromatic rings. The highest BCUT2D eigenvalue weighted by molar-refractivity contribution is 5.82. The van der Waals surface area contributed by atoms with Gasteiger partial charge >= 0.3 is 6.18 Å². The van der Waals surface area contributed by atoms with Crippen LogP contribution in [-0.4, -0.2) is 23.2 Å². The van der Waals surface area contributed by atoms with Gasteiger partial charge in [-0.2, -0.15) is 13.2 Å². The van der Waals surface area contributed by atoms with E-state index in [0.29, 0.717) is 19.3 Å². The molecule has 2 unspecified atom stereocenters. The zero-order valence-electron chi connectivity index (χ0n) is 6.97. The molecule has 1 fully saturated rings. The number of carbonyl (C=O) groups is 1. The third-order valence-electron chi connectivity index (χ3n) is 2.32. The Morgan fingerprint density at radius 3 is 2.54 bits per heavy atom. The maximum absolute atomic E-state index is 11.9. The molecule has 1 aliphatic rings. The summed E-state index contributed by atoms with van der Waals surface area (Å²) in [6, 6.07) is 0. The van der Waals surface area contributed by atoms with Crippen molar-refractivity contribution >= 4 is 5.78 Å². The van der Waals surface area contributed by atoms with E-state index in [1.165, 1.54) is 0 Å². The van der Waals surface area contributed by atoms with Crippen LogP contribution in [0.15, 0.2) is 0 Å². The van der Waals surface area contributed by atoms with E-state index in [4.69, 9.17) is 5.11 Å². The van der Waals surface area contributed by atoms with Crippen LogP contribution in [0.5, 0.6) is 0 Å². The van der Waals surface area contributed by atoms with Gasteiger partial charge in [-0.1, -0.05) is 0 Å². The fourth-order valence-electron chi connectivity index (χ4n) is 1.54. The van der Waals surface area contributed by atoms with Crippen LogP contribution in [-0.2, 0) is 4.79 Å². The molecule has 2 atom stereocenters. The van der Waals surface area contributed by atoms with Gasteiger partial charge in [-0.25, -0.2) is 0 Å². The van der Waals surface area contributed by atoms with Gasteiger partial charge in [0, 0.05) is 12.3 Å². The Morgan fingerprint density at radius 2 is 2.15 bits per heavy atom. The fourth-order valence-corrected chi connectivity index (χ4v) is 1.54. The standard InChI is InChI=1S/C8H11F3O2/c9-8(10,11)7(13)4-5-2-1-3-6(5)12/h5,7,13H,1-4H2. The van der Waals surface area contributed by atoms with E-state index < -0.39 is 24.6 Å². The summed E-state index contributed by atoms with van der Waals surface area (Å²) in [4.78, 5) is 11.0. The van der Waals surface area contributed by atoms with E-state index in [2.05, 4.69) is 0 Å². The Hall–Kier alpha value is -0.580. The van der Waals surface area contributed by atoms with E-state index in [9.17, 15) is 18.0 Å². The number of alkyl halides is 3. The highest BCUT2D eigenvalue weighted by Gasteiger charge is 2.41. The van der Waals surface area contributed by atoms with Gasteiger partial charge in [0.05, 0.1) is 0 Å². The number of rotatable bonds is 2. The predicted octanol–water partition coefficient (Wildman–Crippen LogP) is 1.67. The molecule has 0 saturated heterocycles. The average molecular weight is 196 g/mol. The molecule has 0 amide bonds. The molecule has 76 valence electrons. The van der Waals surface area contributed by atoms with Crippen molar-refractivity contribution in [2.75, 3.05) is 0 Å². The van der Waals surface area contributed by atoms with Crippen molar-refractivity contribution in [1.82, 2.24) is 0 Å². The number of hydrogen-bond donors (Lipinski definition) is 1. The van der Waals surface area contributed by atoms with Crippen molar-refractivity contribution in [2.45, 2.75) is 38.0 Å². The van der Waals surface area contributed by atoms with Crippen molar-refractivity contribution in [3.63, 3.8) is 0 Å². The number of ketones is 1. The number of aliphatic hydroxyl groups excluding tert-OH is 1. The molecule has 0 aromatic carbocycles. The molecule has 1 aliphatic carbocycles. The van der Waals surface area contributed by atoms with E-state index >= 15 is 0 Å². The summed E-state index contributed by atoms with van der Waals surface area (Å²) in [5.41, 5.74) is 0. The highest BCUT2D eigenvalue weighted by atomic mass is 19.4. The van der Waals surface area contributed by atoms with Gasteiger partial charge < -0.3 is 5.11 Å². The molecule has 1 N–H and O–H groups in total. The van der Waals surface area contributed by atoms with Gasteiger partial charge in [-0.15, -0.1) is 0 Å². The first kappa shape index (κ1) is 10.5. The van der Waals surface area contributed by atoms with Crippen LogP contribution < -0.4 is 0 Å². The van der Waals surface area contributed by atoms with Crippen LogP contribution in [0, 0.1) is 5.92 Å². The maximum atomic E-state index is 11.9. The molecule has 13 heavy (non-hydrogen) atoms. The van der Waals surface area contributed by atoms with Crippen molar-refractivity contribution in [2.24, 2.45) is 5.92 Å². The van der Waals surface area contributed by atoms with Gasteiger partial charge in [-0.3, -0.25) is 4.79 Å². The lowest BCUT2D eigenvalue weighted by molar-refractivity contribution is -0.208. The summed E-state index contributed by atoms with van der Waals surface area (Å²) in [5.74, 6) is -0.736. The summed E-state index contributed by atoms with van der Waals surface area (Å²) in [6.45, 7) is 0. The molecule has 2 nitrogen and oxygen atoms in total. The molecule has 0 aromatic heterocycles. The molecule has 1 rings (SSSR count). The molecule has 0 heterocycles. The Labute approximate surface area is 73.7 Å². The first-order chi connectivity index (χ1) is 5.91. The number of halogens is 3. The molecule has 0 aliphatic heterocycles. The molecule has 0 radical (unpaired) electrons. The van der Waals surface area contributed by atoms with Gasteiger partial charge in [0.1, 0.15) is 5.78 Å². The number of Topliss-reactive ketones (excluding diaryl/α,β-unsaturated/α-hetero) is 1. The van der Waals surface area contributed by atoms with Gasteiger partial charge in [0.15, 0.2) is 6.10 Å². The van der Waals surface area contributed by atoms with Crippen molar-refractivity contribution in [3.8, 4) is 0 Å². The molecule has 1 saturated carbocycles. The Bertz CT molecular complexity index is 200. The number of carbonyl (C=O) groups excluding carboxylic acids is 1. The first-order valence-corrected chi connectivity index (χ1v) is 4.18. The second kappa shape index (κ2) is 3.65. The quantitative estimate of drug-likeness (QED) is 0.729. The smallest absolute Gasteiger partial charge is 0.384 e. The SMILES string of the molecule is O=C1CCCC1CC(O)C(F)(F)F. The number of aliphatic hydroxyl groups is 1. The summed E-state index contributed by atoms with van der Waals surface area (Å²) in [5, 5.41) is 8.69. The lowest BCUT2D eigenvalue weighted by Crippen LogP contribution is -2.31. The maximum Gasteiger partial charge on any atom is 0.414 e. The molecule has 0 bridgehead atoms. The topological polar surface area (TPSA) is 37.3 Å². The van der Waals surface area contributed by atoms with Crippen molar-refractivity contribution in [1.29, 1.82) is 0 Å². The third kappa shape index (κ3) is 2.69. The summed E-state index contributed by atoms with van der Waals surface area (Å²) >= 11 is 0. The summed E-state index contributed by atoms with van der Waals surface area (Å²) in [7, 11) is 0. The lowest BCUT2D eigenvalue weighted by atomic mass is 9.99. The van der Waals surface area contributed by atoms with Crippen LogP contribution in [0.1, 0.15) is 25.7 Å². The zero-order valence-corrected chi connectivity index (χ0v) is 6.97. The van der Waals surface area contributed by atoms with E-state index in [1.807, 2.05) is 0 Å². The minimum Gasteiger partial charge on any atom is -0.384 e. The van der Waals surface area contributed by atoms with Gasteiger partial charge in [-0.05, 0) is 19.3 Å². The van der Waals surface area contributed by atoms with Crippen LogP contribution in [0.4, 0.5) is 13.2 Å². The number of hydrogen-bond acceptors (Lipinski definition) is 2. The van der Waals surface area contributed by atoms with Gasteiger partial charge in [0.2, 0.25) is 0 Å². The fraction of sp³-hybridized carbons (Fsp3) is 0.875. The van der Waals surface area contributed by atoms with Crippen LogP contribution in [0.25, 0.3) is 0 Å². The van der Waals surface area contributed by atoms with Crippen LogP contribution in [0.3, 0.4) is 0 Å². The largest absolute Gasteiger partial charge is 0.414 e. The third-order valence-corrected chi connectivity index (χ3v) is 2.32. The van der Waals surface area contributed by atoms with Crippen molar-refractivity contribution < 1.29 is 23.1 Å². The molecular formula is C8H11F3O2. The van der Waals surface area contributed by atoms with Crippen LogP contribution in [0.2, 0.25) is 0 Å². The minimum absolute atomic E-state index is 0.150. The molecular weight excluding hydrogens is 185 g/mol. The molecule has 5 heteroatoms. The van der Waals surface area contributed by atoms with Gasteiger partial charge in [0.25, 0.3) is 0 Å². The lowest BCUT2D eigenvalue weighted by Gasteiger charge is -2.17. The van der Waals surface area contributed by atoms with Crippen LogP contribution >= 0.6 is 0 Å². The highest BCUT2D eigenvalue weighted by Crippen LogP contribution is 2.31. The predicted molar refractivity (Wildman–Crippen MR) is 39.0 cm³/mol. The Balaban J connectivity index is 2.44. The Morgan fingerprint density at radius 1 is 1.54 bits per heavy atom.